The number of aromatic nitrogens is 2. The van der Waals surface area contributed by atoms with E-state index in [0.717, 1.165) is 4.90 Å². The molecule has 1 spiro atoms. The van der Waals surface area contributed by atoms with Crippen molar-refractivity contribution in [2.75, 3.05) is 26.7 Å². The Hall–Kier alpha value is -2.06. The first-order valence-corrected chi connectivity index (χ1v) is 7.41. The molecule has 2 aliphatic heterocycles. The van der Waals surface area contributed by atoms with Crippen LogP contribution in [0.1, 0.15) is 24.6 Å². The van der Waals surface area contributed by atoms with Crippen LogP contribution in [0.5, 0.6) is 0 Å². The van der Waals surface area contributed by atoms with Crippen molar-refractivity contribution in [2.24, 2.45) is 5.41 Å². The number of alkyl halides is 2. The third kappa shape index (κ3) is 2.91. The van der Waals surface area contributed by atoms with Crippen LogP contribution in [-0.4, -0.2) is 64.4 Å². The van der Waals surface area contributed by atoms with Gasteiger partial charge in [-0.1, -0.05) is 5.16 Å². The highest BCUT2D eigenvalue weighted by atomic mass is 19.3. The van der Waals surface area contributed by atoms with E-state index < -0.39 is 30.2 Å². The highest BCUT2D eigenvalue weighted by molar-refractivity contribution is 5.86. The number of carbonyl (C=O) groups is 2. The molecule has 7 nitrogen and oxygen atoms in total. The molecule has 0 saturated carbocycles. The zero-order chi connectivity index (χ0) is 16.8. The predicted octanol–water partition coefficient (Wildman–Crippen LogP) is 0.637. The lowest BCUT2D eigenvalue weighted by Crippen LogP contribution is -2.57. The molecule has 3 heterocycles. The number of rotatable bonds is 2. The van der Waals surface area contributed by atoms with Crippen molar-refractivity contribution in [3.05, 3.63) is 11.7 Å². The highest BCUT2D eigenvalue weighted by Crippen LogP contribution is 2.45. The maximum atomic E-state index is 14.1. The first-order chi connectivity index (χ1) is 10.7. The molecule has 1 aromatic heterocycles. The van der Waals surface area contributed by atoms with Gasteiger partial charge in [0, 0.05) is 26.6 Å². The lowest BCUT2D eigenvalue weighted by molar-refractivity contribution is -0.162. The fourth-order valence-corrected chi connectivity index (χ4v) is 3.44. The number of piperidine rings is 1. The van der Waals surface area contributed by atoms with E-state index >= 15 is 0 Å². The highest BCUT2D eigenvalue weighted by Gasteiger charge is 2.57. The van der Waals surface area contributed by atoms with E-state index in [-0.39, 0.29) is 24.8 Å². The van der Waals surface area contributed by atoms with Crippen molar-refractivity contribution >= 4 is 11.8 Å². The monoisotopic (exact) mass is 328 g/mol. The van der Waals surface area contributed by atoms with Gasteiger partial charge in [-0.05, 0) is 13.3 Å². The van der Waals surface area contributed by atoms with Gasteiger partial charge in [-0.3, -0.25) is 9.59 Å². The molecule has 1 aromatic rings. The second-order valence-electron chi connectivity index (χ2n) is 6.45. The number of likely N-dealkylation sites (tertiary alicyclic amines) is 2. The summed E-state index contributed by atoms with van der Waals surface area (Å²) in [7, 11) is 1.59. The summed E-state index contributed by atoms with van der Waals surface area (Å²) in [6, 6.07) is 0. The summed E-state index contributed by atoms with van der Waals surface area (Å²) in [4.78, 5) is 31.1. The number of carbonyl (C=O) groups excluding carboxylic acids is 2. The fraction of sp³-hybridized carbons (Fsp3) is 0.714. The van der Waals surface area contributed by atoms with Crippen LogP contribution in [-0.2, 0) is 16.0 Å². The Morgan fingerprint density at radius 1 is 1.39 bits per heavy atom. The van der Waals surface area contributed by atoms with Gasteiger partial charge < -0.3 is 14.3 Å². The van der Waals surface area contributed by atoms with E-state index in [1.807, 2.05) is 0 Å². The molecule has 2 saturated heterocycles. The normalized spacial score (nSPS) is 27.0. The number of halogens is 2. The van der Waals surface area contributed by atoms with Crippen LogP contribution < -0.4 is 0 Å². The molecule has 1 atom stereocenters. The van der Waals surface area contributed by atoms with Gasteiger partial charge in [-0.2, -0.15) is 4.98 Å². The molecule has 9 heteroatoms. The first-order valence-electron chi connectivity index (χ1n) is 7.41. The summed E-state index contributed by atoms with van der Waals surface area (Å²) in [5, 5.41) is 3.57. The number of hydrogen-bond acceptors (Lipinski definition) is 5. The maximum absolute atomic E-state index is 14.1. The molecular weight excluding hydrogens is 310 g/mol. The molecular formula is C14H18F2N4O3. The van der Waals surface area contributed by atoms with Crippen LogP contribution in [0.4, 0.5) is 8.78 Å². The van der Waals surface area contributed by atoms with Crippen LogP contribution in [0, 0.1) is 12.3 Å². The van der Waals surface area contributed by atoms with Crippen LogP contribution >= 0.6 is 0 Å². The molecule has 23 heavy (non-hydrogen) atoms. The molecule has 3 rings (SSSR count). The first kappa shape index (κ1) is 15.8. The van der Waals surface area contributed by atoms with Gasteiger partial charge in [-0.25, -0.2) is 8.78 Å². The molecule has 0 bridgehead atoms. The second-order valence-corrected chi connectivity index (χ2v) is 6.45. The lowest BCUT2D eigenvalue weighted by Gasteiger charge is -2.42. The molecule has 0 aromatic carbocycles. The molecule has 2 fully saturated rings. The van der Waals surface area contributed by atoms with Crippen molar-refractivity contribution < 1.29 is 22.9 Å². The molecule has 0 radical (unpaired) electrons. The topological polar surface area (TPSA) is 79.5 Å². The van der Waals surface area contributed by atoms with Crippen LogP contribution in [0.15, 0.2) is 4.52 Å². The summed E-state index contributed by atoms with van der Waals surface area (Å²) in [5.41, 5.74) is -1.18. The van der Waals surface area contributed by atoms with E-state index in [2.05, 4.69) is 10.1 Å². The minimum atomic E-state index is -3.08. The molecule has 0 N–H and O–H groups in total. The van der Waals surface area contributed by atoms with E-state index in [9.17, 15) is 18.4 Å². The second kappa shape index (κ2) is 5.24. The van der Waals surface area contributed by atoms with Crippen molar-refractivity contribution in [1.29, 1.82) is 0 Å². The summed E-state index contributed by atoms with van der Waals surface area (Å²) in [5.74, 6) is -3.47. The van der Waals surface area contributed by atoms with Gasteiger partial charge in [0.05, 0.1) is 12.0 Å². The van der Waals surface area contributed by atoms with Gasteiger partial charge in [-0.15, -0.1) is 0 Å². The SMILES string of the molecule is Cc1noc(CC(=O)N2CC(F)(F)C[C@@]3(CCN(C)C3=O)C2)n1. The Morgan fingerprint density at radius 2 is 2.13 bits per heavy atom. The Balaban J connectivity index is 1.79. The van der Waals surface area contributed by atoms with E-state index in [1.165, 1.54) is 4.90 Å². The Morgan fingerprint density at radius 3 is 2.70 bits per heavy atom. The summed E-state index contributed by atoms with van der Waals surface area (Å²) < 4.78 is 33.1. The maximum Gasteiger partial charge on any atom is 0.266 e. The Labute approximate surface area is 131 Å². The van der Waals surface area contributed by atoms with Crippen LogP contribution in [0.25, 0.3) is 0 Å². The Kier molecular flexibility index (Phi) is 3.61. The fourth-order valence-electron chi connectivity index (χ4n) is 3.44. The van der Waals surface area contributed by atoms with Crippen molar-refractivity contribution in [2.45, 2.75) is 32.1 Å². The molecule has 0 aliphatic carbocycles. The van der Waals surface area contributed by atoms with E-state index in [0.29, 0.717) is 18.8 Å². The number of amides is 2. The Bertz CT molecular complexity index is 648. The average molecular weight is 328 g/mol. The predicted molar refractivity (Wildman–Crippen MR) is 73.6 cm³/mol. The van der Waals surface area contributed by atoms with Gasteiger partial charge in [0.25, 0.3) is 5.92 Å². The minimum absolute atomic E-state index is 0.0116. The molecule has 126 valence electrons. The smallest absolute Gasteiger partial charge is 0.266 e. The summed E-state index contributed by atoms with van der Waals surface area (Å²) in [6.07, 6.45) is -0.412. The number of hydrogen-bond donors (Lipinski definition) is 0. The van der Waals surface area contributed by atoms with Gasteiger partial charge >= 0.3 is 0 Å². The van der Waals surface area contributed by atoms with E-state index in [1.54, 1.807) is 14.0 Å². The third-order valence-corrected chi connectivity index (χ3v) is 4.46. The minimum Gasteiger partial charge on any atom is -0.345 e. The molecule has 0 unspecified atom stereocenters. The number of aryl methyl sites for hydroxylation is 1. The summed E-state index contributed by atoms with van der Waals surface area (Å²) >= 11 is 0. The van der Waals surface area contributed by atoms with Gasteiger partial charge in [0.2, 0.25) is 17.7 Å². The average Bonchev–Trinajstić information content (AvgIpc) is 2.97. The quantitative estimate of drug-likeness (QED) is 0.796. The van der Waals surface area contributed by atoms with Gasteiger partial charge in [0.1, 0.15) is 6.42 Å². The zero-order valence-electron chi connectivity index (χ0n) is 13.0. The van der Waals surface area contributed by atoms with Crippen molar-refractivity contribution in [3.63, 3.8) is 0 Å². The van der Waals surface area contributed by atoms with Crippen LogP contribution in [0.2, 0.25) is 0 Å². The third-order valence-electron chi connectivity index (χ3n) is 4.46. The summed E-state index contributed by atoms with van der Waals surface area (Å²) in [6.45, 7) is 1.36. The lowest BCUT2D eigenvalue weighted by atomic mass is 9.77. The molecule has 2 amide bonds. The number of nitrogens with zero attached hydrogens (tertiary/aromatic N) is 4. The van der Waals surface area contributed by atoms with Crippen molar-refractivity contribution in [1.82, 2.24) is 19.9 Å². The standard InChI is InChI=1S/C14H18F2N4O3/c1-9-17-10(23-18-9)5-11(21)20-7-13(6-14(15,16)8-20)3-4-19(2)12(13)22/h3-8H2,1-2H3/t13-/m0/s1. The largest absolute Gasteiger partial charge is 0.345 e. The molecule has 2 aliphatic rings. The zero-order valence-corrected chi connectivity index (χ0v) is 13.0. The van der Waals surface area contributed by atoms with Gasteiger partial charge in [0.15, 0.2) is 5.82 Å². The van der Waals surface area contributed by atoms with Crippen molar-refractivity contribution in [3.8, 4) is 0 Å². The van der Waals surface area contributed by atoms with Crippen LogP contribution in [0.3, 0.4) is 0 Å². The van der Waals surface area contributed by atoms with E-state index in [4.69, 9.17) is 4.52 Å².